The van der Waals surface area contributed by atoms with Crippen molar-refractivity contribution in [3.05, 3.63) is 76.2 Å². The van der Waals surface area contributed by atoms with E-state index >= 15 is 0 Å². The number of nitrogens with one attached hydrogen (secondary N) is 1. The SMILES string of the molecule is CCCCCCCCCCCCCCOc1cccc(NC(=O)c2ccc(C[n+]3csc(C)c3)cc2)c1.[Br-]. The van der Waals surface area contributed by atoms with Crippen molar-refractivity contribution in [2.45, 2.75) is 97.4 Å². The third-order valence-electron chi connectivity index (χ3n) is 6.66. The molecule has 0 atom stereocenters. The molecule has 2 aromatic carbocycles. The Labute approximate surface area is 244 Å². The molecule has 3 rings (SSSR count). The van der Waals surface area contributed by atoms with Gasteiger partial charge >= 0.3 is 0 Å². The average molecular weight is 602 g/mol. The number of aryl methyl sites for hydroxylation is 1. The summed E-state index contributed by atoms with van der Waals surface area (Å²) in [6.45, 7) is 5.91. The highest BCUT2D eigenvalue weighted by Gasteiger charge is 2.09. The van der Waals surface area contributed by atoms with Crippen LogP contribution in [0.3, 0.4) is 0 Å². The summed E-state index contributed by atoms with van der Waals surface area (Å²) < 4.78 is 8.11. The van der Waals surface area contributed by atoms with E-state index in [9.17, 15) is 4.79 Å². The van der Waals surface area contributed by atoms with Gasteiger partial charge in [-0.3, -0.25) is 4.79 Å². The van der Waals surface area contributed by atoms with Crippen molar-refractivity contribution in [2.75, 3.05) is 11.9 Å². The number of unbranched alkanes of at least 4 members (excludes halogenated alkanes) is 11. The highest BCUT2D eigenvalue weighted by Crippen LogP contribution is 2.19. The summed E-state index contributed by atoms with van der Waals surface area (Å²) in [4.78, 5) is 14.0. The second-order valence-electron chi connectivity index (χ2n) is 10.1. The Kier molecular flexibility index (Phi) is 16.0. The molecule has 0 aliphatic carbocycles. The van der Waals surface area contributed by atoms with Crippen molar-refractivity contribution in [1.82, 2.24) is 0 Å². The second kappa shape index (κ2) is 19.0. The lowest BCUT2D eigenvalue weighted by Gasteiger charge is -2.10. The molecule has 0 aliphatic heterocycles. The van der Waals surface area contributed by atoms with Crippen LogP contribution in [0.4, 0.5) is 5.69 Å². The first-order valence-electron chi connectivity index (χ1n) is 14.2. The molecule has 3 aromatic rings. The zero-order valence-corrected chi connectivity index (χ0v) is 25.6. The third-order valence-corrected chi connectivity index (χ3v) is 7.51. The number of hydrogen-bond donors (Lipinski definition) is 1. The van der Waals surface area contributed by atoms with Gasteiger partial charge in [-0.2, -0.15) is 4.57 Å². The standard InChI is InChI=1S/C32H44N2O2S.BrH/c1-3-4-5-6-7-8-9-10-11-12-13-14-22-36-31-17-15-16-30(23-31)33-32(35)29-20-18-28(19-21-29)25-34-24-27(2)37-26-34;/h15-21,23-24,26H,3-14,22,25H2,1-2H3;1H. The molecule has 1 heterocycles. The third kappa shape index (κ3) is 12.6. The van der Waals surface area contributed by atoms with Crippen LogP contribution in [0.25, 0.3) is 0 Å². The normalized spacial score (nSPS) is 10.7. The van der Waals surface area contributed by atoms with Gasteiger partial charge in [-0.25, -0.2) is 0 Å². The molecule has 0 spiro atoms. The van der Waals surface area contributed by atoms with Gasteiger partial charge in [0.15, 0.2) is 12.7 Å². The van der Waals surface area contributed by atoms with Crippen LogP contribution in [0.5, 0.6) is 5.75 Å². The van der Waals surface area contributed by atoms with E-state index in [1.165, 1.54) is 81.1 Å². The van der Waals surface area contributed by atoms with Gasteiger partial charge in [-0.1, -0.05) is 107 Å². The highest BCUT2D eigenvalue weighted by molar-refractivity contribution is 7.09. The number of benzene rings is 2. The van der Waals surface area contributed by atoms with E-state index in [-0.39, 0.29) is 22.9 Å². The maximum atomic E-state index is 12.7. The van der Waals surface area contributed by atoms with Gasteiger partial charge in [0, 0.05) is 22.9 Å². The molecule has 0 bridgehead atoms. The number of amides is 1. The summed E-state index contributed by atoms with van der Waals surface area (Å²) in [5, 5.41) is 3.00. The maximum absolute atomic E-state index is 12.7. The van der Waals surface area contributed by atoms with Crippen LogP contribution in [0.1, 0.15) is 105 Å². The number of halogens is 1. The summed E-state index contributed by atoms with van der Waals surface area (Å²) in [7, 11) is 0. The van der Waals surface area contributed by atoms with Crippen LogP contribution < -0.4 is 31.6 Å². The van der Waals surface area contributed by atoms with Crippen molar-refractivity contribution in [1.29, 1.82) is 0 Å². The number of carbonyl (C=O) groups excluding carboxylic acids is 1. The lowest BCUT2D eigenvalue weighted by Crippen LogP contribution is -3.00. The van der Waals surface area contributed by atoms with Gasteiger partial charge in [0.05, 0.1) is 11.5 Å². The van der Waals surface area contributed by atoms with Crippen molar-refractivity contribution in [2.24, 2.45) is 0 Å². The number of nitrogens with zero attached hydrogens (tertiary/aromatic N) is 1. The lowest BCUT2D eigenvalue weighted by molar-refractivity contribution is -0.683. The molecule has 1 aromatic heterocycles. The van der Waals surface area contributed by atoms with Crippen molar-refractivity contribution in [3.8, 4) is 5.75 Å². The van der Waals surface area contributed by atoms with E-state index in [1.807, 2.05) is 48.5 Å². The Hall–Kier alpha value is -2.18. The molecule has 1 N–H and O–H groups in total. The Morgan fingerprint density at radius 1 is 0.868 bits per heavy atom. The summed E-state index contributed by atoms with van der Waals surface area (Å²) in [6.07, 6.45) is 18.2. The number of hydrogen-bond acceptors (Lipinski definition) is 3. The number of thiazole rings is 1. The Balaban J connectivity index is 0.00000507. The quantitative estimate of drug-likeness (QED) is 0.150. The molecule has 208 valence electrons. The molecule has 0 saturated heterocycles. The van der Waals surface area contributed by atoms with Crippen molar-refractivity contribution in [3.63, 3.8) is 0 Å². The first kappa shape index (κ1) is 32.0. The van der Waals surface area contributed by atoms with Crippen LogP contribution in [-0.4, -0.2) is 12.5 Å². The minimum Gasteiger partial charge on any atom is -1.00 e. The van der Waals surface area contributed by atoms with Crippen LogP contribution in [0.15, 0.2) is 60.2 Å². The highest BCUT2D eigenvalue weighted by atomic mass is 79.9. The smallest absolute Gasteiger partial charge is 0.255 e. The van der Waals surface area contributed by atoms with E-state index in [1.54, 1.807) is 11.3 Å². The molecule has 0 fully saturated rings. The number of anilines is 1. The molecular weight excluding hydrogens is 556 g/mol. The van der Waals surface area contributed by atoms with Crippen molar-refractivity contribution < 1.29 is 31.1 Å². The lowest BCUT2D eigenvalue weighted by atomic mass is 10.1. The molecular formula is C32H45BrN2O2S. The van der Waals surface area contributed by atoms with Gasteiger partial charge in [-0.05, 0) is 37.6 Å². The van der Waals surface area contributed by atoms with E-state index < -0.39 is 0 Å². The fourth-order valence-corrected chi connectivity index (χ4v) is 5.13. The Bertz CT molecular complexity index is 1050. The first-order valence-corrected chi connectivity index (χ1v) is 15.1. The molecule has 6 heteroatoms. The van der Waals surface area contributed by atoms with Gasteiger partial charge in [0.2, 0.25) is 5.51 Å². The summed E-state index contributed by atoms with van der Waals surface area (Å²) in [6, 6.07) is 15.5. The van der Waals surface area contributed by atoms with Gasteiger partial charge in [0.25, 0.3) is 5.91 Å². The topological polar surface area (TPSA) is 42.2 Å². The molecule has 1 amide bonds. The van der Waals surface area contributed by atoms with Gasteiger partial charge < -0.3 is 27.0 Å². The zero-order valence-electron chi connectivity index (χ0n) is 23.2. The van der Waals surface area contributed by atoms with Crippen LogP contribution in [-0.2, 0) is 6.54 Å². The second-order valence-corrected chi connectivity index (χ2v) is 11.1. The van der Waals surface area contributed by atoms with Crippen LogP contribution in [0, 0.1) is 6.92 Å². The average Bonchev–Trinajstić information content (AvgIpc) is 3.31. The largest absolute Gasteiger partial charge is 1.00 e. The minimum atomic E-state index is -0.108. The molecule has 0 aliphatic rings. The van der Waals surface area contributed by atoms with Crippen LogP contribution in [0.2, 0.25) is 0 Å². The van der Waals surface area contributed by atoms with E-state index in [2.05, 4.69) is 35.4 Å². The van der Waals surface area contributed by atoms with E-state index in [0.717, 1.165) is 31.0 Å². The minimum absolute atomic E-state index is 0. The van der Waals surface area contributed by atoms with Gasteiger partial charge in [-0.15, -0.1) is 0 Å². The monoisotopic (exact) mass is 600 g/mol. The summed E-state index contributed by atoms with van der Waals surface area (Å²) in [5.41, 5.74) is 4.69. The Morgan fingerprint density at radius 2 is 1.50 bits per heavy atom. The molecule has 38 heavy (non-hydrogen) atoms. The maximum Gasteiger partial charge on any atom is 0.255 e. The summed E-state index contributed by atoms with van der Waals surface area (Å²) in [5.74, 6) is 0.697. The van der Waals surface area contributed by atoms with Crippen LogP contribution >= 0.6 is 11.3 Å². The number of carbonyl (C=O) groups is 1. The van der Waals surface area contributed by atoms with Crippen molar-refractivity contribution >= 4 is 22.9 Å². The predicted molar refractivity (Wildman–Crippen MR) is 156 cm³/mol. The zero-order chi connectivity index (χ0) is 26.1. The number of ether oxygens (including phenoxy) is 1. The number of rotatable bonds is 18. The predicted octanol–water partition coefficient (Wildman–Crippen LogP) is 5.73. The molecule has 0 unspecified atom stereocenters. The van der Waals surface area contributed by atoms with Gasteiger partial charge in [0.1, 0.15) is 5.75 Å². The fraction of sp³-hybridized carbons (Fsp3) is 0.500. The molecule has 0 saturated carbocycles. The number of aromatic nitrogens is 1. The molecule has 4 nitrogen and oxygen atoms in total. The van der Waals surface area contributed by atoms with E-state index in [4.69, 9.17) is 4.74 Å². The first-order chi connectivity index (χ1) is 18.1. The van der Waals surface area contributed by atoms with E-state index in [0.29, 0.717) is 5.56 Å². The molecule has 0 radical (unpaired) electrons. The summed E-state index contributed by atoms with van der Waals surface area (Å²) >= 11 is 1.74. The fourth-order valence-electron chi connectivity index (χ4n) is 4.50. The Morgan fingerprint density at radius 3 is 2.11 bits per heavy atom.